The minimum atomic E-state index is 0.601. The van der Waals surface area contributed by atoms with Crippen LogP contribution in [-0.2, 0) is 6.42 Å². The van der Waals surface area contributed by atoms with Gasteiger partial charge in [-0.3, -0.25) is 0 Å². The molecule has 4 N–H and O–H groups in total. The summed E-state index contributed by atoms with van der Waals surface area (Å²) in [5, 5.41) is 7.91. The molecular weight excluding hydrogens is 414 g/mol. The molecule has 0 bridgehead atoms. The second-order valence-electron chi connectivity index (χ2n) is 8.03. The van der Waals surface area contributed by atoms with Gasteiger partial charge in [0.25, 0.3) is 0 Å². The van der Waals surface area contributed by atoms with Crippen LogP contribution in [0.5, 0.6) is 5.75 Å². The topological polar surface area (TPSA) is 104 Å². The number of nitrogens with zero attached hydrogens (tertiary/aromatic N) is 3. The normalized spacial score (nSPS) is 11.2. The number of aromatic nitrogens is 5. The molecule has 0 atom stereocenters. The quantitative estimate of drug-likeness (QED) is 0.262. The lowest BCUT2D eigenvalue weighted by atomic mass is 10.1. The Bertz CT molecular complexity index is 1420. The van der Waals surface area contributed by atoms with E-state index in [0.29, 0.717) is 19.1 Å². The summed E-state index contributed by atoms with van der Waals surface area (Å²) in [5.41, 5.74) is 6.10. The molecule has 0 unspecified atom stereocenters. The van der Waals surface area contributed by atoms with Gasteiger partial charge in [0.1, 0.15) is 17.4 Å². The molecule has 0 spiro atoms. The Balaban J connectivity index is 1.27. The third-order valence-corrected chi connectivity index (χ3v) is 5.46. The number of hydrogen-bond donors (Lipinski definition) is 4. The fourth-order valence-electron chi connectivity index (χ4n) is 4.00. The molecule has 3 aromatic heterocycles. The van der Waals surface area contributed by atoms with E-state index in [-0.39, 0.29) is 0 Å². The van der Waals surface area contributed by atoms with Crippen LogP contribution in [-0.4, -0.2) is 38.1 Å². The van der Waals surface area contributed by atoms with Crippen molar-refractivity contribution in [2.45, 2.75) is 27.2 Å². The summed E-state index contributed by atoms with van der Waals surface area (Å²) >= 11 is 0. The third kappa shape index (κ3) is 4.59. The molecule has 8 heteroatoms. The van der Waals surface area contributed by atoms with Crippen molar-refractivity contribution in [3.05, 3.63) is 65.7 Å². The van der Waals surface area contributed by atoms with Crippen molar-refractivity contribution in [3.8, 4) is 5.75 Å². The summed E-state index contributed by atoms with van der Waals surface area (Å²) in [6.07, 6.45) is 2.89. The minimum absolute atomic E-state index is 0.601. The lowest BCUT2D eigenvalue weighted by Crippen LogP contribution is -2.09. The summed E-state index contributed by atoms with van der Waals surface area (Å²) in [6.45, 7) is 7.28. The van der Waals surface area contributed by atoms with Gasteiger partial charge in [0.05, 0.1) is 17.6 Å². The Kier molecular flexibility index (Phi) is 5.56. The van der Waals surface area contributed by atoms with E-state index < -0.39 is 0 Å². The van der Waals surface area contributed by atoms with E-state index >= 15 is 0 Å². The van der Waals surface area contributed by atoms with E-state index in [0.717, 1.165) is 51.7 Å². The maximum absolute atomic E-state index is 5.65. The standard InChI is InChI=1S/C25H27N7O/c1-4-33-19-6-8-21-20(13-19)17(14-27-21)9-10-26-25-28-15(2)11-24(32-25)31-18-5-7-22-23(12-18)30-16(3)29-22/h5-8,11-14,27H,4,9-10H2,1-3H3,(H,29,30)(H2,26,28,31,32). The van der Waals surface area contributed by atoms with Crippen LogP contribution in [0.4, 0.5) is 17.5 Å². The van der Waals surface area contributed by atoms with Gasteiger partial charge in [-0.1, -0.05) is 0 Å². The molecule has 0 aliphatic carbocycles. The van der Waals surface area contributed by atoms with Crippen molar-refractivity contribution in [2.75, 3.05) is 23.8 Å². The zero-order valence-corrected chi connectivity index (χ0v) is 19.0. The van der Waals surface area contributed by atoms with Gasteiger partial charge in [0.2, 0.25) is 5.95 Å². The maximum Gasteiger partial charge on any atom is 0.224 e. The van der Waals surface area contributed by atoms with E-state index in [4.69, 9.17) is 4.74 Å². The first kappa shape index (κ1) is 20.8. The molecule has 2 aromatic carbocycles. The van der Waals surface area contributed by atoms with Crippen LogP contribution in [0.15, 0.2) is 48.7 Å². The van der Waals surface area contributed by atoms with Crippen LogP contribution in [0.3, 0.4) is 0 Å². The van der Waals surface area contributed by atoms with Gasteiger partial charge in [-0.2, -0.15) is 4.98 Å². The Morgan fingerprint density at radius 2 is 1.85 bits per heavy atom. The predicted molar refractivity (Wildman–Crippen MR) is 133 cm³/mol. The number of ether oxygens (including phenoxy) is 1. The highest BCUT2D eigenvalue weighted by Crippen LogP contribution is 2.25. The van der Waals surface area contributed by atoms with Gasteiger partial charge in [-0.15, -0.1) is 0 Å². The lowest BCUT2D eigenvalue weighted by molar-refractivity contribution is 0.340. The zero-order chi connectivity index (χ0) is 22.8. The Morgan fingerprint density at radius 3 is 2.73 bits per heavy atom. The molecule has 0 aliphatic heterocycles. The molecule has 5 aromatic rings. The molecule has 168 valence electrons. The molecular formula is C25H27N7O. The SMILES string of the molecule is CCOc1ccc2[nH]cc(CCNc3nc(C)cc(Nc4ccc5[nH]c(C)nc5c4)n3)c2c1. The molecule has 0 fully saturated rings. The highest BCUT2D eigenvalue weighted by atomic mass is 16.5. The number of H-pyrrole nitrogens is 2. The highest BCUT2D eigenvalue weighted by Gasteiger charge is 2.08. The van der Waals surface area contributed by atoms with E-state index in [1.54, 1.807) is 0 Å². The van der Waals surface area contributed by atoms with Gasteiger partial charge >= 0.3 is 0 Å². The number of benzene rings is 2. The average Bonchev–Trinajstić information content (AvgIpc) is 3.35. The van der Waals surface area contributed by atoms with Crippen molar-refractivity contribution in [1.29, 1.82) is 0 Å². The van der Waals surface area contributed by atoms with Crippen molar-refractivity contribution >= 4 is 39.4 Å². The Hall–Kier alpha value is -4.07. The Labute approximate surface area is 191 Å². The lowest BCUT2D eigenvalue weighted by Gasteiger charge is -2.10. The molecule has 0 saturated carbocycles. The number of fused-ring (bicyclic) bond motifs is 2. The van der Waals surface area contributed by atoms with Gasteiger partial charge in [-0.25, -0.2) is 9.97 Å². The van der Waals surface area contributed by atoms with E-state index in [1.165, 1.54) is 10.9 Å². The summed E-state index contributed by atoms with van der Waals surface area (Å²) in [6, 6.07) is 14.1. The number of nitrogens with one attached hydrogen (secondary N) is 4. The van der Waals surface area contributed by atoms with E-state index in [9.17, 15) is 0 Å². The van der Waals surface area contributed by atoms with Crippen molar-refractivity contribution in [1.82, 2.24) is 24.9 Å². The maximum atomic E-state index is 5.65. The first-order valence-corrected chi connectivity index (χ1v) is 11.1. The van der Waals surface area contributed by atoms with E-state index in [1.807, 2.05) is 51.1 Å². The van der Waals surface area contributed by atoms with Crippen LogP contribution < -0.4 is 15.4 Å². The van der Waals surface area contributed by atoms with Crippen molar-refractivity contribution in [3.63, 3.8) is 0 Å². The minimum Gasteiger partial charge on any atom is -0.494 e. The van der Waals surface area contributed by atoms with Gasteiger partial charge in [0.15, 0.2) is 0 Å². The van der Waals surface area contributed by atoms with Crippen LogP contribution in [0, 0.1) is 13.8 Å². The first-order chi connectivity index (χ1) is 16.1. The largest absolute Gasteiger partial charge is 0.494 e. The molecule has 3 heterocycles. The zero-order valence-electron chi connectivity index (χ0n) is 19.0. The Morgan fingerprint density at radius 1 is 0.970 bits per heavy atom. The molecule has 0 aliphatic rings. The van der Waals surface area contributed by atoms with Crippen LogP contribution >= 0.6 is 0 Å². The fourth-order valence-corrected chi connectivity index (χ4v) is 4.00. The molecule has 33 heavy (non-hydrogen) atoms. The number of rotatable bonds is 8. The summed E-state index contributed by atoms with van der Waals surface area (Å²) in [5.74, 6) is 3.13. The predicted octanol–water partition coefficient (Wildman–Crippen LogP) is 5.25. The van der Waals surface area contributed by atoms with Crippen LogP contribution in [0.2, 0.25) is 0 Å². The second kappa shape index (κ2) is 8.82. The number of aryl methyl sites for hydroxylation is 2. The average molecular weight is 442 g/mol. The number of hydrogen-bond acceptors (Lipinski definition) is 6. The number of aromatic amines is 2. The second-order valence-corrected chi connectivity index (χ2v) is 8.03. The first-order valence-electron chi connectivity index (χ1n) is 11.1. The molecule has 8 nitrogen and oxygen atoms in total. The monoisotopic (exact) mass is 441 g/mol. The third-order valence-electron chi connectivity index (χ3n) is 5.46. The summed E-state index contributed by atoms with van der Waals surface area (Å²) in [7, 11) is 0. The molecule has 0 radical (unpaired) electrons. The number of imidazole rings is 1. The van der Waals surface area contributed by atoms with Gasteiger partial charge < -0.3 is 25.3 Å². The highest BCUT2D eigenvalue weighted by molar-refractivity contribution is 5.84. The van der Waals surface area contributed by atoms with Crippen molar-refractivity contribution in [2.24, 2.45) is 0 Å². The summed E-state index contributed by atoms with van der Waals surface area (Å²) in [4.78, 5) is 20.3. The van der Waals surface area contributed by atoms with Gasteiger partial charge in [-0.05, 0) is 69.2 Å². The van der Waals surface area contributed by atoms with Gasteiger partial charge in [0, 0.05) is 41.1 Å². The fraction of sp³-hybridized carbons (Fsp3) is 0.240. The molecule has 5 rings (SSSR count). The van der Waals surface area contributed by atoms with Crippen LogP contribution in [0.25, 0.3) is 21.9 Å². The molecule has 0 saturated heterocycles. The van der Waals surface area contributed by atoms with Crippen LogP contribution in [0.1, 0.15) is 24.0 Å². The summed E-state index contributed by atoms with van der Waals surface area (Å²) < 4.78 is 5.65. The smallest absolute Gasteiger partial charge is 0.224 e. The van der Waals surface area contributed by atoms with Crippen molar-refractivity contribution < 1.29 is 4.74 Å². The van der Waals surface area contributed by atoms with E-state index in [2.05, 4.69) is 53.9 Å². The molecule has 0 amide bonds. The number of anilines is 3.